The summed E-state index contributed by atoms with van der Waals surface area (Å²) in [5.41, 5.74) is 2.15. The minimum absolute atomic E-state index is 0.0349. The Morgan fingerprint density at radius 2 is 1.80 bits per heavy atom. The van der Waals surface area contributed by atoms with Crippen LogP contribution in [0.15, 0.2) is 24.3 Å². The van der Waals surface area contributed by atoms with Gasteiger partial charge in [0.15, 0.2) is 0 Å². The maximum atomic E-state index is 11.2. The monoisotopic (exact) mass is 277 g/mol. The van der Waals surface area contributed by atoms with Crippen LogP contribution in [0.4, 0.5) is 5.69 Å². The van der Waals surface area contributed by atoms with E-state index in [1.807, 2.05) is 36.1 Å². The third kappa shape index (κ3) is 3.73. The molecule has 2 atom stereocenters. The molecule has 0 amide bonds. The van der Waals surface area contributed by atoms with E-state index in [0.29, 0.717) is 0 Å². The number of hydrogen-bond acceptors (Lipinski definition) is 3. The second-order valence-corrected chi connectivity index (χ2v) is 5.74. The molecule has 0 bridgehead atoms. The number of carboxylic acids is 1. The van der Waals surface area contributed by atoms with Crippen molar-refractivity contribution in [2.45, 2.75) is 51.9 Å². The molecular weight excluding hydrogens is 254 g/mol. The van der Waals surface area contributed by atoms with Crippen molar-refractivity contribution in [1.29, 1.82) is 0 Å². The van der Waals surface area contributed by atoms with Crippen LogP contribution in [0, 0.1) is 6.92 Å². The predicted octanol–water partition coefficient (Wildman–Crippen LogP) is 2.84. The Hall–Kier alpha value is -1.55. The number of aryl methyl sites for hydroxylation is 1. The van der Waals surface area contributed by atoms with Gasteiger partial charge in [-0.3, -0.25) is 4.79 Å². The van der Waals surface area contributed by atoms with E-state index in [0.717, 1.165) is 18.5 Å². The Morgan fingerprint density at radius 3 is 2.30 bits per heavy atom. The third-order valence-electron chi connectivity index (χ3n) is 3.78. The van der Waals surface area contributed by atoms with Gasteiger partial charge in [-0.2, -0.15) is 0 Å². The van der Waals surface area contributed by atoms with E-state index in [9.17, 15) is 9.90 Å². The molecule has 2 unspecified atom stereocenters. The number of ether oxygens (including phenoxy) is 1. The topological polar surface area (TPSA) is 49.8 Å². The SMILES string of the molecule is Cc1ccc(N(CC(=O)O)C2CC(C)OC(C)C2)cc1. The molecule has 0 radical (unpaired) electrons. The number of anilines is 1. The van der Waals surface area contributed by atoms with Gasteiger partial charge in [0, 0.05) is 11.7 Å². The van der Waals surface area contributed by atoms with Gasteiger partial charge in [-0.25, -0.2) is 0 Å². The fourth-order valence-corrected chi connectivity index (χ4v) is 2.94. The second-order valence-electron chi connectivity index (χ2n) is 5.74. The molecule has 110 valence electrons. The number of carboxylic acid groups (broad SMARTS) is 1. The Bertz CT molecular complexity index is 447. The zero-order chi connectivity index (χ0) is 14.7. The lowest BCUT2D eigenvalue weighted by Gasteiger charge is -2.40. The number of carbonyl (C=O) groups is 1. The molecule has 1 aliphatic heterocycles. The van der Waals surface area contributed by atoms with Crippen molar-refractivity contribution >= 4 is 11.7 Å². The van der Waals surface area contributed by atoms with Crippen LogP contribution in [0.2, 0.25) is 0 Å². The van der Waals surface area contributed by atoms with Crippen molar-refractivity contribution in [2.24, 2.45) is 0 Å². The predicted molar refractivity (Wildman–Crippen MR) is 79.2 cm³/mol. The molecule has 1 heterocycles. The normalized spacial score (nSPS) is 26.2. The maximum Gasteiger partial charge on any atom is 0.323 e. The lowest BCUT2D eigenvalue weighted by Crippen LogP contribution is -2.46. The minimum Gasteiger partial charge on any atom is -0.480 e. The first-order chi connectivity index (χ1) is 9.45. The number of rotatable bonds is 4. The van der Waals surface area contributed by atoms with Gasteiger partial charge in [-0.15, -0.1) is 0 Å². The summed E-state index contributed by atoms with van der Waals surface area (Å²) in [4.78, 5) is 13.2. The van der Waals surface area contributed by atoms with Crippen molar-refractivity contribution in [3.05, 3.63) is 29.8 Å². The van der Waals surface area contributed by atoms with Crippen LogP contribution >= 0.6 is 0 Å². The summed E-state index contributed by atoms with van der Waals surface area (Å²) in [6.45, 7) is 6.17. The van der Waals surface area contributed by atoms with E-state index in [4.69, 9.17) is 4.74 Å². The lowest BCUT2D eigenvalue weighted by atomic mass is 9.97. The van der Waals surface area contributed by atoms with Crippen LogP contribution in [0.1, 0.15) is 32.3 Å². The highest BCUT2D eigenvalue weighted by molar-refractivity contribution is 5.74. The van der Waals surface area contributed by atoms with Crippen LogP contribution in [-0.4, -0.2) is 35.9 Å². The quantitative estimate of drug-likeness (QED) is 0.919. The molecule has 0 saturated carbocycles. The molecule has 1 saturated heterocycles. The van der Waals surface area contributed by atoms with E-state index in [1.54, 1.807) is 0 Å². The first kappa shape index (κ1) is 14.9. The molecule has 0 aliphatic carbocycles. The van der Waals surface area contributed by atoms with Gasteiger partial charge in [0.05, 0.1) is 12.2 Å². The van der Waals surface area contributed by atoms with Crippen LogP contribution in [0.25, 0.3) is 0 Å². The van der Waals surface area contributed by atoms with Crippen molar-refractivity contribution < 1.29 is 14.6 Å². The van der Waals surface area contributed by atoms with Gasteiger partial charge >= 0.3 is 5.97 Å². The van der Waals surface area contributed by atoms with Crippen LogP contribution in [0.5, 0.6) is 0 Å². The Kier molecular flexibility index (Phi) is 4.65. The zero-order valence-corrected chi connectivity index (χ0v) is 12.4. The molecule has 0 aromatic heterocycles. The first-order valence-electron chi connectivity index (χ1n) is 7.16. The smallest absolute Gasteiger partial charge is 0.323 e. The number of aliphatic carboxylic acids is 1. The van der Waals surface area contributed by atoms with E-state index >= 15 is 0 Å². The summed E-state index contributed by atoms with van der Waals surface area (Å²) in [5.74, 6) is -0.794. The molecule has 1 aromatic carbocycles. The number of nitrogens with zero attached hydrogens (tertiary/aromatic N) is 1. The molecule has 4 nitrogen and oxygen atoms in total. The van der Waals surface area contributed by atoms with E-state index < -0.39 is 5.97 Å². The molecule has 0 spiro atoms. The Labute approximate surface area is 120 Å². The van der Waals surface area contributed by atoms with Gasteiger partial charge < -0.3 is 14.7 Å². The van der Waals surface area contributed by atoms with Crippen LogP contribution < -0.4 is 4.90 Å². The molecule has 4 heteroatoms. The van der Waals surface area contributed by atoms with Crippen molar-refractivity contribution in [3.63, 3.8) is 0 Å². The zero-order valence-electron chi connectivity index (χ0n) is 12.4. The molecule has 20 heavy (non-hydrogen) atoms. The van der Waals surface area contributed by atoms with Crippen molar-refractivity contribution in [1.82, 2.24) is 0 Å². The van der Waals surface area contributed by atoms with Gasteiger partial charge in [0.25, 0.3) is 0 Å². The summed E-state index contributed by atoms with van der Waals surface area (Å²) >= 11 is 0. The largest absolute Gasteiger partial charge is 0.480 e. The first-order valence-corrected chi connectivity index (χ1v) is 7.16. The molecule has 1 fully saturated rings. The lowest BCUT2D eigenvalue weighted by molar-refractivity contribution is -0.135. The van der Waals surface area contributed by atoms with Gasteiger partial charge in [0.1, 0.15) is 6.54 Å². The fraction of sp³-hybridized carbons (Fsp3) is 0.562. The molecule has 1 aliphatic rings. The van der Waals surface area contributed by atoms with E-state index in [-0.39, 0.29) is 24.8 Å². The highest BCUT2D eigenvalue weighted by atomic mass is 16.5. The van der Waals surface area contributed by atoms with Crippen molar-refractivity contribution in [2.75, 3.05) is 11.4 Å². The van der Waals surface area contributed by atoms with Gasteiger partial charge in [-0.1, -0.05) is 17.7 Å². The van der Waals surface area contributed by atoms with Gasteiger partial charge in [0.2, 0.25) is 0 Å². The second kappa shape index (κ2) is 6.27. The summed E-state index contributed by atoms with van der Waals surface area (Å²) in [5, 5.41) is 9.19. The maximum absolute atomic E-state index is 11.2. The average Bonchev–Trinajstić information content (AvgIpc) is 2.35. The molecule has 1 N–H and O–H groups in total. The highest BCUT2D eigenvalue weighted by Crippen LogP contribution is 2.28. The molecule has 1 aromatic rings. The summed E-state index contributed by atoms with van der Waals surface area (Å²) < 4.78 is 5.75. The summed E-state index contributed by atoms with van der Waals surface area (Å²) in [6, 6.07) is 8.27. The standard InChI is InChI=1S/C16H23NO3/c1-11-4-6-14(7-5-11)17(10-16(18)19)15-8-12(2)20-13(3)9-15/h4-7,12-13,15H,8-10H2,1-3H3,(H,18,19). The minimum atomic E-state index is -0.794. The number of hydrogen-bond donors (Lipinski definition) is 1. The Balaban J connectivity index is 2.22. The Morgan fingerprint density at radius 1 is 1.25 bits per heavy atom. The van der Waals surface area contributed by atoms with E-state index in [1.165, 1.54) is 5.56 Å². The fourth-order valence-electron chi connectivity index (χ4n) is 2.94. The van der Waals surface area contributed by atoms with E-state index in [2.05, 4.69) is 13.8 Å². The van der Waals surface area contributed by atoms with Crippen LogP contribution in [0.3, 0.4) is 0 Å². The third-order valence-corrected chi connectivity index (χ3v) is 3.78. The molecule has 2 rings (SSSR count). The van der Waals surface area contributed by atoms with Crippen molar-refractivity contribution in [3.8, 4) is 0 Å². The molecular formula is C16H23NO3. The number of benzene rings is 1. The average molecular weight is 277 g/mol. The van der Waals surface area contributed by atoms with Gasteiger partial charge in [-0.05, 0) is 45.7 Å². The summed E-state index contributed by atoms with van der Waals surface area (Å²) in [7, 11) is 0. The summed E-state index contributed by atoms with van der Waals surface area (Å²) in [6.07, 6.45) is 2.08. The van der Waals surface area contributed by atoms with Crippen LogP contribution in [-0.2, 0) is 9.53 Å². The highest BCUT2D eigenvalue weighted by Gasteiger charge is 2.30.